The van der Waals surface area contributed by atoms with Crippen LogP contribution in [0.3, 0.4) is 0 Å². The van der Waals surface area contributed by atoms with Crippen LogP contribution in [0.1, 0.15) is 51.2 Å². The van der Waals surface area contributed by atoms with Crippen molar-refractivity contribution in [2.75, 3.05) is 0 Å². The van der Waals surface area contributed by atoms with Gasteiger partial charge in [-0.3, -0.25) is 0 Å². The highest BCUT2D eigenvalue weighted by Crippen LogP contribution is 2.68. The molecule has 31 heavy (non-hydrogen) atoms. The summed E-state index contributed by atoms with van der Waals surface area (Å²) in [5, 5.41) is 0. The molecular formula is C30H36N+. The molecule has 0 spiro atoms. The molecule has 3 atom stereocenters. The Morgan fingerprint density at radius 1 is 0.935 bits per heavy atom. The number of hydrogen-bond acceptors (Lipinski definition) is 0. The van der Waals surface area contributed by atoms with E-state index in [0.29, 0.717) is 10.8 Å². The molecule has 1 nitrogen and oxygen atoms in total. The lowest BCUT2D eigenvalue weighted by molar-refractivity contribution is -0.660. The van der Waals surface area contributed by atoms with Crippen LogP contribution in [-0.4, -0.2) is 0 Å². The van der Waals surface area contributed by atoms with Crippen molar-refractivity contribution < 1.29 is 4.57 Å². The second-order valence-corrected chi connectivity index (χ2v) is 10.9. The number of fused-ring (bicyclic) bond motifs is 2. The summed E-state index contributed by atoms with van der Waals surface area (Å²) in [6.07, 6.45) is 7.66. The molecule has 2 fully saturated rings. The minimum Gasteiger partial charge on any atom is -0.201 e. The lowest BCUT2D eigenvalue weighted by atomic mass is 9.65. The van der Waals surface area contributed by atoms with Crippen LogP contribution in [0.2, 0.25) is 0 Å². The zero-order valence-corrected chi connectivity index (χ0v) is 19.8. The van der Waals surface area contributed by atoms with Gasteiger partial charge in [0.05, 0.1) is 0 Å². The highest BCUT2D eigenvalue weighted by molar-refractivity contribution is 5.70. The van der Waals surface area contributed by atoms with E-state index < -0.39 is 0 Å². The highest BCUT2D eigenvalue weighted by Gasteiger charge is 2.60. The molecule has 1 heterocycles. The van der Waals surface area contributed by atoms with E-state index in [2.05, 4.69) is 106 Å². The molecule has 2 aromatic carbocycles. The zero-order valence-electron chi connectivity index (χ0n) is 19.8. The van der Waals surface area contributed by atoms with E-state index in [0.717, 1.165) is 11.8 Å². The molecule has 1 aromatic heterocycles. The first-order valence-corrected chi connectivity index (χ1v) is 11.9. The van der Waals surface area contributed by atoms with Crippen LogP contribution < -0.4 is 4.57 Å². The van der Waals surface area contributed by atoms with Gasteiger partial charge < -0.3 is 0 Å². The average molecular weight is 411 g/mol. The van der Waals surface area contributed by atoms with E-state index in [-0.39, 0.29) is 0 Å². The number of nitrogens with zero attached hydrogens (tertiary/aromatic N) is 1. The molecule has 160 valence electrons. The van der Waals surface area contributed by atoms with E-state index >= 15 is 0 Å². The molecule has 2 aliphatic rings. The number of hydrogen-bond donors (Lipinski definition) is 0. The largest absolute Gasteiger partial charge is 0.213 e. The van der Waals surface area contributed by atoms with Gasteiger partial charge in [-0.15, -0.1) is 0 Å². The van der Waals surface area contributed by atoms with Gasteiger partial charge in [0.2, 0.25) is 5.69 Å². The first-order valence-electron chi connectivity index (χ1n) is 11.9. The third-order valence-electron chi connectivity index (χ3n) is 9.29. The first-order chi connectivity index (χ1) is 14.8. The molecule has 2 bridgehead atoms. The van der Waals surface area contributed by atoms with Gasteiger partial charge in [-0.1, -0.05) is 63.2 Å². The summed E-state index contributed by atoms with van der Waals surface area (Å²) >= 11 is 0. The van der Waals surface area contributed by atoms with Crippen molar-refractivity contribution in [3.63, 3.8) is 0 Å². The third kappa shape index (κ3) is 3.25. The smallest absolute Gasteiger partial charge is 0.201 e. The quantitative estimate of drug-likeness (QED) is 0.402. The van der Waals surface area contributed by atoms with Crippen LogP contribution in [-0.2, 0) is 13.5 Å². The lowest BCUT2D eigenvalue weighted by Crippen LogP contribution is -2.33. The van der Waals surface area contributed by atoms with Crippen LogP contribution in [0.15, 0.2) is 66.9 Å². The van der Waals surface area contributed by atoms with Crippen molar-refractivity contribution in [2.24, 2.45) is 29.7 Å². The Kier molecular flexibility index (Phi) is 4.84. The maximum atomic E-state index is 2.57. The summed E-state index contributed by atoms with van der Waals surface area (Å²) in [6, 6.07) is 22.6. The molecule has 0 saturated heterocycles. The predicted molar refractivity (Wildman–Crippen MR) is 130 cm³/mol. The molecule has 3 unspecified atom stereocenters. The van der Waals surface area contributed by atoms with Crippen molar-refractivity contribution in [3.05, 3.63) is 78.0 Å². The van der Waals surface area contributed by atoms with E-state index in [1.54, 1.807) is 0 Å². The Labute approximate surface area is 188 Å². The second-order valence-electron chi connectivity index (χ2n) is 10.9. The van der Waals surface area contributed by atoms with Crippen LogP contribution >= 0.6 is 0 Å². The van der Waals surface area contributed by atoms with Crippen molar-refractivity contribution in [3.8, 4) is 22.4 Å². The summed E-state index contributed by atoms with van der Waals surface area (Å²) in [5.74, 6) is 1.73. The number of rotatable bonds is 4. The molecule has 0 amide bonds. The van der Waals surface area contributed by atoms with E-state index in [4.69, 9.17) is 0 Å². The molecule has 5 rings (SSSR count). The van der Waals surface area contributed by atoms with E-state index in [1.165, 1.54) is 59.2 Å². The molecule has 1 heteroatoms. The van der Waals surface area contributed by atoms with Crippen molar-refractivity contribution >= 4 is 0 Å². The number of aryl methyl sites for hydroxylation is 2. The lowest BCUT2D eigenvalue weighted by Gasteiger charge is -2.39. The van der Waals surface area contributed by atoms with Gasteiger partial charge in [0.15, 0.2) is 6.20 Å². The Morgan fingerprint density at radius 2 is 1.71 bits per heavy atom. The summed E-state index contributed by atoms with van der Waals surface area (Å²) in [6.45, 7) is 9.82. The number of pyridine rings is 1. The average Bonchev–Trinajstić information content (AvgIpc) is 3.08. The molecule has 0 aliphatic heterocycles. The van der Waals surface area contributed by atoms with Gasteiger partial charge in [0, 0.05) is 17.7 Å². The standard InChI is InChI=1S/C30H36N/c1-21-9-6-7-12-27(21)28-19-24(14-16-31(28)5)23-11-8-10-22(17-23)18-26-20-25-13-15-30(26,4)29(25,2)3/h6-12,14,16-17,19,25-26H,13,15,18,20H2,1-5H3/q+1. The van der Waals surface area contributed by atoms with Gasteiger partial charge in [-0.25, -0.2) is 4.57 Å². The minimum atomic E-state index is 0.492. The molecule has 2 saturated carbocycles. The van der Waals surface area contributed by atoms with Gasteiger partial charge in [0.25, 0.3) is 0 Å². The fourth-order valence-corrected chi connectivity index (χ4v) is 6.72. The minimum absolute atomic E-state index is 0.492. The SMILES string of the molecule is Cc1ccccc1-c1cc(-c2cccc(CC3CC4CCC3(C)C4(C)C)c2)cc[n+]1C. The van der Waals surface area contributed by atoms with Crippen molar-refractivity contribution in [1.29, 1.82) is 0 Å². The third-order valence-corrected chi connectivity index (χ3v) is 9.29. The Bertz CT molecular complexity index is 1120. The van der Waals surface area contributed by atoms with Crippen LogP contribution in [0.5, 0.6) is 0 Å². The van der Waals surface area contributed by atoms with Crippen LogP contribution in [0.4, 0.5) is 0 Å². The van der Waals surface area contributed by atoms with Gasteiger partial charge in [0.1, 0.15) is 7.05 Å². The normalized spacial score (nSPS) is 26.4. The van der Waals surface area contributed by atoms with Gasteiger partial charge in [-0.05, 0) is 83.6 Å². The Morgan fingerprint density at radius 3 is 2.42 bits per heavy atom. The van der Waals surface area contributed by atoms with Crippen LogP contribution in [0.25, 0.3) is 22.4 Å². The Hall–Kier alpha value is -2.41. The first kappa shape index (κ1) is 20.5. The molecule has 3 aromatic rings. The van der Waals surface area contributed by atoms with E-state index in [1.807, 2.05) is 0 Å². The monoisotopic (exact) mass is 410 g/mol. The molecule has 0 radical (unpaired) electrons. The summed E-state index contributed by atoms with van der Waals surface area (Å²) in [5.41, 5.74) is 9.01. The fraction of sp³-hybridized carbons (Fsp3) is 0.433. The van der Waals surface area contributed by atoms with E-state index in [9.17, 15) is 0 Å². The van der Waals surface area contributed by atoms with Crippen LogP contribution in [0, 0.1) is 29.6 Å². The predicted octanol–water partition coefficient (Wildman–Crippen LogP) is 7.16. The maximum Gasteiger partial charge on any atom is 0.213 e. The molecule has 0 N–H and O–H groups in total. The molecule has 2 aliphatic carbocycles. The molecular weight excluding hydrogens is 374 g/mol. The summed E-state index contributed by atoms with van der Waals surface area (Å²) < 4.78 is 2.23. The number of aromatic nitrogens is 1. The van der Waals surface area contributed by atoms with Gasteiger partial charge >= 0.3 is 0 Å². The Balaban J connectivity index is 1.45. The second kappa shape index (κ2) is 7.33. The summed E-state index contributed by atoms with van der Waals surface area (Å²) in [4.78, 5) is 0. The maximum absolute atomic E-state index is 2.57. The highest BCUT2D eigenvalue weighted by atomic mass is 14.9. The summed E-state index contributed by atoms with van der Waals surface area (Å²) in [7, 11) is 2.14. The zero-order chi connectivity index (χ0) is 21.8. The fourth-order valence-electron chi connectivity index (χ4n) is 6.72. The van der Waals surface area contributed by atoms with Gasteiger partial charge in [-0.2, -0.15) is 0 Å². The topological polar surface area (TPSA) is 3.88 Å². The van der Waals surface area contributed by atoms with Crippen molar-refractivity contribution in [2.45, 2.75) is 53.4 Å². The van der Waals surface area contributed by atoms with Crippen molar-refractivity contribution in [1.82, 2.24) is 0 Å². The number of benzene rings is 2.